The van der Waals surface area contributed by atoms with Gasteiger partial charge >= 0.3 is 0 Å². The molecule has 1 heterocycles. The molecule has 5 nitrogen and oxygen atoms in total. The van der Waals surface area contributed by atoms with Crippen molar-refractivity contribution in [3.8, 4) is 0 Å². The van der Waals surface area contributed by atoms with E-state index in [0.29, 0.717) is 12.2 Å². The van der Waals surface area contributed by atoms with Crippen molar-refractivity contribution in [2.24, 2.45) is 4.99 Å². The molecule has 0 spiro atoms. The Morgan fingerprint density at radius 2 is 2.14 bits per heavy atom. The molecule has 0 radical (unpaired) electrons. The van der Waals surface area contributed by atoms with Gasteiger partial charge in [0.2, 0.25) is 0 Å². The fraction of sp³-hybridized carbons (Fsp3) is 0.588. The van der Waals surface area contributed by atoms with Crippen LogP contribution in [-0.2, 0) is 9.53 Å². The van der Waals surface area contributed by atoms with Gasteiger partial charge in [-0.2, -0.15) is 0 Å². The van der Waals surface area contributed by atoms with Crippen LogP contribution in [0.15, 0.2) is 34.6 Å². The first-order valence-corrected chi connectivity index (χ1v) is 8.16. The number of allylic oxidation sites excluding steroid dienone is 1. The summed E-state index contributed by atoms with van der Waals surface area (Å²) in [5, 5.41) is 6.37. The fourth-order valence-electron chi connectivity index (χ4n) is 2.38. The maximum absolute atomic E-state index is 11.2. The van der Waals surface area contributed by atoms with Crippen molar-refractivity contribution in [3.05, 3.63) is 29.6 Å². The molecule has 0 bridgehead atoms. The molecule has 120 valence electrons. The third-order valence-corrected chi connectivity index (χ3v) is 3.65. The number of unbranched alkanes of at least 4 members (excludes halogenated alkanes) is 3. The van der Waals surface area contributed by atoms with Gasteiger partial charge in [-0.25, -0.2) is 9.79 Å². The van der Waals surface area contributed by atoms with E-state index in [1.54, 1.807) is 6.08 Å². The first-order chi connectivity index (χ1) is 10.8. The van der Waals surface area contributed by atoms with E-state index in [1.807, 2.05) is 18.1 Å². The Balaban J connectivity index is 1.88. The van der Waals surface area contributed by atoms with Crippen molar-refractivity contribution in [2.45, 2.75) is 45.1 Å². The summed E-state index contributed by atoms with van der Waals surface area (Å²) in [6.45, 7) is 4.69. The molecule has 2 aliphatic rings. The highest BCUT2D eigenvalue weighted by atomic mass is 16.5. The van der Waals surface area contributed by atoms with Crippen LogP contribution in [0.4, 0.5) is 0 Å². The van der Waals surface area contributed by atoms with Gasteiger partial charge in [-0.05, 0) is 25.0 Å². The minimum Gasteiger partial charge on any atom is -0.494 e. The molecule has 2 N–H and O–H groups in total. The van der Waals surface area contributed by atoms with E-state index < -0.39 is 0 Å². The minimum atomic E-state index is -0.293. The number of hydrogen-bond donors (Lipinski definition) is 2. The zero-order valence-corrected chi connectivity index (χ0v) is 13.2. The number of rotatable bonds is 7. The highest BCUT2D eigenvalue weighted by Crippen LogP contribution is 2.18. The van der Waals surface area contributed by atoms with Crippen LogP contribution in [-0.4, -0.2) is 37.6 Å². The van der Waals surface area contributed by atoms with Crippen LogP contribution >= 0.6 is 0 Å². The molecule has 0 saturated carbocycles. The van der Waals surface area contributed by atoms with Gasteiger partial charge in [-0.15, -0.1) is 0 Å². The van der Waals surface area contributed by atoms with Gasteiger partial charge in [0.25, 0.3) is 0 Å². The van der Waals surface area contributed by atoms with E-state index in [4.69, 9.17) is 4.74 Å². The number of ether oxygens (including phenoxy) is 1. The summed E-state index contributed by atoms with van der Waals surface area (Å²) in [5.74, 6) is 3.44. The Labute approximate surface area is 132 Å². The van der Waals surface area contributed by atoms with Crippen LogP contribution in [0.3, 0.4) is 0 Å². The molecule has 1 saturated heterocycles. The maximum atomic E-state index is 11.2. The summed E-state index contributed by atoms with van der Waals surface area (Å²) in [7, 11) is 0. The Morgan fingerprint density at radius 3 is 2.86 bits per heavy atom. The van der Waals surface area contributed by atoms with Crippen LogP contribution in [0.25, 0.3) is 0 Å². The monoisotopic (exact) mass is 303 g/mol. The molecule has 2 rings (SSSR count). The van der Waals surface area contributed by atoms with E-state index in [0.717, 1.165) is 37.6 Å². The van der Waals surface area contributed by atoms with E-state index in [1.165, 1.54) is 19.3 Å². The van der Waals surface area contributed by atoms with Gasteiger partial charge in [0.15, 0.2) is 5.96 Å². The number of aliphatic imine (C=N–C) groups is 1. The normalized spacial score (nSPS) is 20.6. The molecule has 22 heavy (non-hydrogen) atoms. The summed E-state index contributed by atoms with van der Waals surface area (Å²) >= 11 is 0. The molecule has 0 aromatic carbocycles. The van der Waals surface area contributed by atoms with Crippen LogP contribution < -0.4 is 10.6 Å². The highest BCUT2D eigenvalue weighted by Gasteiger charge is 2.17. The van der Waals surface area contributed by atoms with E-state index in [-0.39, 0.29) is 6.04 Å². The maximum Gasteiger partial charge on any atom is 0.192 e. The van der Waals surface area contributed by atoms with Crippen LogP contribution in [0.1, 0.15) is 39.0 Å². The molecule has 0 aromatic heterocycles. The molecular formula is C17H25N3O2. The lowest BCUT2D eigenvalue weighted by molar-refractivity contribution is 0.216. The smallest absolute Gasteiger partial charge is 0.192 e. The topological polar surface area (TPSA) is 62.7 Å². The third-order valence-electron chi connectivity index (χ3n) is 3.65. The Morgan fingerprint density at radius 1 is 1.32 bits per heavy atom. The second-order valence-electron chi connectivity index (χ2n) is 5.50. The largest absolute Gasteiger partial charge is 0.494 e. The molecule has 1 aliphatic heterocycles. The first-order valence-electron chi connectivity index (χ1n) is 8.16. The van der Waals surface area contributed by atoms with Crippen molar-refractivity contribution < 1.29 is 9.53 Å². The SMILES string of the molecule is CCCCCCOC1=CC(=C=O)C(N=C2NCCCN2)C=C1. The number of guanidine groups is 1. The van der Waals surface area contributed by atoms with Gasteiger partial charge in [0, 0.05) is 13.1 Å². The average Bonchev–Trinajstić information content (AvgIpc) is 2.57. The van der Waals surface area contributed by atoms with E-state index >= 15 is 0 Å². The molecule has 1 aliphatic carbocycles. The molecular weight excluding hydrogens is 278 g/mol. The summed E-state index contributed by atoms with van der Waals surface area (Å²) in [6, 6.07) is -0.293. The lowest BCUT2D eigenvalue weighted by atomic mass is 10.0. The molecule has 5 heteroatoms. The summed E-state index contributed by atoms with van der Waals surface area (Å²) in [6.07, 6.45) is 11.2. The summed E-state index contributed by atoms with van der Waals surface area (Å²) in [4.78, 5) is 15.7. The van der Waals surface area contributed by atoms with Crippen LogP contribution in [0.5, 0.6) is 0 Å². The molecule has 0 amide bonds. The highest BCUT2D eigenvalue weighted by molar-refractivity contribution is 5.81. The zero-order valence-electron chi connectivity index (χ0n) is 13.2. The lowest BCUT2D eigenvalue weighted by Gasteiger charge is -2.20. The Bertz CT molecular complexity index is 494. The van der Waals surface area contributed by atoms with Gasteiger partial charge in [-0.1, -0.05) is 32.3 Å². The van der Waals surface area contributed by atoms with Crippen molar-refractivity contribution >= 4 is 11.9 Å². The number of carbonyl (C=O) groups excluding carboxylic acids is 1. The molecule has 0 aromatic rings. The third kappa shape index (κ3) is 5.08. The van der Waals surface area contributed by atoms with Crippen molar-refractivity contribution in [2.75, 3.05) is 19.7 Å². The standard InChI is InChI=1S/C17H25N3O2/c1-2-3-4-5-11-22-15-7-8-16(14(12-15)13-21)20-17-18-9-6-10-19-17/h7-8,12,16H,2-6,9-11H2,1H3,(H2,18,19,20). The van der Waals surface area contributed by atoms with Crippen LogP contribution in [0, 0.1) is 0 Å². The molecule has 1 atom stereocenters. The molecule has 1 fully saturated rings. The van der Waals surface area contributed by atoms with Crippen molar-refractivity contribution in [3.63, 3.8) is 0 Å². The van der Waals surface area contributed by atoms with Crippen molar-refractivity contribution in [1.82, 2.24) is 10.6 Å². The second-order valence-corrected chi connectivity index (χ2v) is 5.50. The van der Waals surface area contributed by atoms with Crippen molar-refractivity contribution in [1.29, 1.82) is 0 Å². The second kappa shape index (κ2) is 9.11. The number of hydrogen-bond acceptors (Lipinski definition) is 3. The predicted molar refractivity (Wildman–Crippen MR) is 88.4 cm³/mol. The quantitative estimate of drug-likeness (QED) is 0.558. The van der Waals surface area contributed by atoms with Gasteiger partial charge in [-0.3, -0.25) is 0 Å². The minimum absolute atomic E-state index is 0.293. The fourth-order valence-corrected chi connectivity index (χ4v) is 2.38. The Kier molecular flexibility index (Phi) is 6.78. The van der Waals surface area contributed by atoms with Crippen LogP contribution in [0.2, 0.25) is 0 Å². The number of nitrogens with one attached hydrogen (secondary N) is 2. The average molecular weight is 303 g/mol. The first kappa shape index (κ1) is 16.4. The molecule has 1 unspecified atom stereocenters. The summed E-state index contributed by atoms with van der Waals surface area (Å²) in [5.41, 5.74) is 0.507. The predicted octanol–water partition coefficient (Wildman–Crippen LogP) is 2.10. The van der Waals surface area contributed by atoms with Gasteiger partial charge < -0.3 is 15.4 Å². The van der Waals surface area contributed by atoms with Gasteiger partial charge in [0.05, 0.1) is 12.2 Å². The zero-order chi connectivity index (χ0) is 15.6. The Hall–Kier alpha value is -2.00. The lowest BCUT2D eigenvalue weighted by Crippen LogP contribution is -2.44. The number of nitrogens with zero attached hydrogens (tertiary/aromatic N) is 1. The van der Waals surface area contributed by atoms with E-state index in [9.17, 15) is 4.79 Å². The summed E-state index contributed by atoms with van der Waals surface area (Å²) < 4.78 is 5.69. The van der Waals surface area contributed by atoms with E-state index in [2.05, 4.69) is 22.5 Å². The van der Waals surface area contributed by atoms with Gasteiger partial charge in [0.1, 0.15) is 17.7 Å².